The highest BCUT2D eigenvalue weighted by molar-refractivity contribution is 7.25. The van der Waals surface area contributed by atoms with Crippen LogP contribution in [0.15, 0.2) is 237 Å². The Morgan fingerprint density at radius 3 is 1.29 bits per heavy atom. The maximum Gasteiger partial charge on any atom is 0.164 e. The molecule has 0 N–H and O–H groups in total. The summed E-state index contributed by atoms with van der Waals surface area (Å²) in [4.78, 5) is 15.5. The number of para-hydroxylation sites is 2. The minimum absolute atomic E-state index is 0.628. The molecule has 0 radical (unpaired) electrons. The molecule has 14 rings (SSSR count). The molecular formula is C63H39N5S. The molecule has 14 aromatic rings. The molecule has 4 aromatic heterocycles. The molecule has 0 aliphatic heterocycles. The lowest BCUT2D eigenvalue weighted by Gasteiger charge is -2.10. The molecule has 6 heteroatoms. The van der Waals surface area contributed by atoms with Gasteiger partial charge in [-0.15, -0.1) is 11.3 Å². The molecule has 0 aliphatic carbocycles. The molecule has 0 spiro atoms. The number of hydrogen-bond acceptors (Lipinski definition) is 4. The van der Waals surface area contributed by atoms with Crippen molar-refractivity contribution in [3.63, 3.8) is 0 Å². The molecule has 0 atom stereocenters. The van der Waals surface area contributed by atoms with Gasteiger partial charge in [-0.25, -0.2) is 15.0 Å². The lowest BCUT2D eigenvalue weighted by molar-refractivity contribution is 1.08. The van der Waals surface area contributed by atoms with E-state index in [1.807, 2.05) is 47.7 Å². The maximum atomic E-state index is 5.23. The number of benzene rings is 10. The van der Waals surface area contributed by atoms with Crippen molar-refractivity contribution < 1.29 is 0 Å². The van der Waals surface area contributed by atoms with Gasteiger partial charge in [0.25, 0.3) is 0 Å². The predicted molar refractivity (Wildman–Crippen MR) is 289 cm³/mol. The van der Waals surface area contributed by atoms with Crippen molar-refractivity contribution in [3.05, 3.63) is 237 Å². The molecule has 5 nitrogen and oxygen atoms in total. The number of nitrogens with zero attached hydrogens (tertiary/aromatic N) is 5. The number of thiophene rings is 1. The predicted octanol–water partition coefficient (Wildman–Crippen LogP) is 16.8. The molecule has 10 aromatic carbocycles. The molecule has 4 heterocycles. The largest absolute Gasteiger partial charge is 0.309 e. The SMILES string of the molecule is c1ccc(-c2nc(-c3ccccc3)nc(-c3cccc4c3c3cc(-c5ccc6c(c5)c5cc(-c7ccc8sc9ccccc9c8c7)ccc5n6-c5ccccc5)ccc3n4-c3ccccc3)n2)cc1. The fraction of sp³-hybridized carbons (Fsp3) is 0. The fourth-order valence-corrected chi connectivity index (χ4v) is 11.5. The molecule has 322 valence electrons. The van der Waals surface area contributed by atoms with Gasteiger partial charge in [-0.05, 0) is 107 Å². The fourth-order valence-electron chi connectivity index (χ4n) is 10.4. The molecular weight excluding hydrogens is 859 g/mol. The lowest BCUT2D eigenvalue weighted by atomic mass is 9.98. The molecule has 0 saturated heterocycles. The summed E-state index contributed by atoms with van der Waals surface area (Å²) in [5.41, 5.74) is 14.3. The van der Waals surface area contributed by atoms with Gasteiger partial charge in [-0.3, -0.25) is 0 Å². The van der Waals surface area contributed by atoms with E-state index >= 15 is 0 Å². The average molecular weight is 898 g/mol. The second-order valence-corrected chi connectivity index (χ2v) is 18.7. The Morgan fingerprint density at radius 1 is 0.275 bits per heavy atom. The first-order valence-corrected chi connectivity index (χ1v) is 24.1. The van der Waals surface area contributed by atoms with Gasteiger partial charge in [0.2, 0.25) is 0 Å². The summed E-state index contributed by atoms with van der Waals surface area (Å²) in [7, 11) is 0. The average Bonchev–Trinajstić information content (AvgIpc) is 4.08. The zero-order valence-corrected chi connectivity index (χ0v) is 38.0. The van der Waals surface area contributed by atoms with Crippen molar-refractivity contribution in [2.75, 3.05) is 0 Å². The van der Waals surface area contributed by atoms with Gasteiger partial charge in [-0.2, -0.15) is 0 Å². The Hall–Kier alpha value is -8.97. The second kappa shape index (κ2) is 15.8. The summed E-state index contributed by atoms with van der Waals surface area (Å²) in [6.45, 7) is 0. The number of fused-ring (bicyclic) bond motifs is 9. The van der Waals surface area contributed by atoms with Crippen molar-refractivity contribution in [3.8, 4) is 67.8 Å². The van der Waals surface area contributed by atoms with Crippen LogP contribution in [0.5, 0.6) is 0 Å². The minimum Gasteiger partial charge on any atom is -0.309 e. The Morgan fingerprint density at radius 2 is 0.710 bits per heavy atom. The van der Waals surface area contributed by atoms with Gasteiger partial charge in [0.05, 0.1) is 22.1 Å². The first kappa shape index (κ1) is 39.2. The third-order valence-corrected chi connectivity index (χ3v) is 14.7. The quantitative estimate of drug-likeness (QED) is 0.160. The number of hydrogen-bond donors (Lipinski definition) is 0. The van der Waals surface area contributed by atoms with Crippen molar-refractivity contribution in [1.82, 2.24) is 24.1 Å². The van der Waals surface area contributed by atoms with Crippen molar-refractivity contribution in [2.24, 2.45) is 0 Å². The molecule has 0 aliphatic rings. The molecule has 0 bridgehead atoms. The Kier molecular flexibility index (Phi) is 9.00. The Bertz CT molecular complexity index is 4230. The van der Waals surface area contributed by atoms with Crippen LogP contribution in [0.25, 0.3) is 132 Å². The van der Waals surface area contributed by atoms with E-state index in [-0.39, 0.29) is 0 Å². The number of rotatable bonds is 7. The van der Waals surface area contributed by atoms with Crippen molar-refractivity contribution >= 4 is 75.1 Å². The summed E-state index contributed by atoms with van der Waals surface area (Å²) < 4.78 is 7.39. The summed E-state index contributed by atoms with van der Waals surface area (Å²) in [5, 5.41) is 7.24. The van der Waals surface area contributed by atoms with Gasteiger partial charge in [-0.1, -0.05) is 152 Å². The van der Waals surface area contributed by atoms with E-state index < -0.39 is 0 Å². The van der Waals surface area contributed by atoms with Gasteiger partial charge >= 0.3 is 0 Å². The Labute approximate surface area is 401 Å². The summed E-state index contributed by atoms with van der Waals surface area (Å²) in [6, 6.07) is 84.7. The third kappa shape index (κ3) is 6.49. The third-order valence-electron chi connectivity index (χ3n) is 13.6. The Balaban J connectivity index is 0.985. The summed E-state index contributed by atoms with van der Waals surface area (Å²) >= 11 is 1.86. The van der Waals surface area contributed by atoms with Crippen LogP contribution in [-0.2, 0) is 0 Å². The van der Waals surface area contributed by atoms with E-state index in [0.717, 1.165) is 61.0 Å². The maximum absolute atomic E-state index is 5.23. The highest BCUT2D eigenvalue weighted by Crippen LogP contribution is 2.43. The first-order chi connectivity index (χ1) is 34.2. The highest BCUT2D eigenvalue weighted by atomic mass is 32.1. The van der Waals surface area contributed by atoms with E-state index in [2.05, 4.69) is 209 Å². The van der Waals surface area contributed by atoms with E-state index in [0.29, 0.717) is 17.5 Å². The van der Waals surface area contributed by atoms with Gasteiger partial charge in [0.1, 0.15) is 0 Å². The van der Waals surface area contributed by atoms with Crippen molar-refractivity contribution in [2.45, 2.75) is 0 Å². The van der Waals surface area contributed by atoms with E-state index in [9.17, 15) is 0 Å². The topological polar surface area (TPSA) is 48.5 Å². The van der Waals surface area contributed by atoms with Crippen LogP contribution in [0, 0.1) is 0 Å². The van der Waals surface area contributed by atoms with Crippen LogP contribution < -0.4 is 0 Å². The second-order valence-electron chi connectivity index (χ2n) is 17.6. The smallest absolute Gasteiger partial charge is 0.164 e. The minimum atomic E-state index is 0.628. The lowest BCUT2D eigenvalue weighted by Crippen LogP contribution is -2.00. The van der Waals surface area contributed by atoms with E-state index in [1.165, 1.54) is 53.1 Å². The standard InChI is InChI=1S/C63H39N5S/c1-5-16-40(17-6-1)61-64-62(41-18-7-2-8-19-41)66-63(65-61)49-25-15-26-57-60(49)53-39-44(30-34-56(53)68(57)47-22-11-4-12-23-47)42-28-32-54-50(36-42)51-37-43(29-33-55(51)67(54)46-20-9-3-10-21-46)45-31-35-59-52(38-45)48-24-13-14-27-58(48)69-59/h1-39H. The monoisotopic (exact) mass is 897 g/mol. The van der Waals surface area contributed by atoms with Crippen LogP contribution >= 0.6 is 11.3 Å². The summed E-state index contributed by atoms with van der Waals surface area (Å²) in [6.07, 6.45) is 0. The van der Waals surface area contributed by atoms with Crippen LogP contribution in [0.4, 0.5) is 0 Å². The van der Waals surface area contributed by atoms with Crippen LogP contribution in [0.1, 0.15) is 0 Å². The van der Waals surface area contributed by atoms with Crippen LogP contribution in [0.3, 0.4) is 0 Å². The summed E-state index contributed by atoms with van der Waals surface area (Å²) in [5.74, 6) is 1.90. The molecule has 69 heavy (non-hydrogen) atoms. The van der Waals surface area contributed by atoms with E-state index in [4.69, 9.17) is 15.0 Å². The highest BCUT2D eigenvalue weighted by Gasteiger charge is 2.21. The molecule has 0 saturated carbocycles. The van der Waals surface area contributed by atoms with Crippen LogP contribution in [0.2, 0.25) is 0 Å². The van der Waals surface area contributed by atoms with Gasteiger partial charge in [0.15, 0.2) is 17.5 Å². The zero-order chi connectivity index (χ0) is 45.4. The first-order valence-electron chi connectivity index (χ1n) is 23.3. The van der Waals surface area contributed by atoms with Gasteiger partial charge < -0.3 is 9.13 Å². The number of aromatic nitrogens is 5. The van der Waals surface area contributed by atoms with E-state index in [1.54, 1.807) is 0 Å². The zero-order valence-electron chi connectivity index (χ0n) is 37.2. The molecule has 0 fully saturated rings. The molecule has 0 unspecified atom stereocenters. The van der Waals surface area contributed by atoms with Gasteiger partial charge in [0, 0.05) is 69.8 Å². The normalized spacial score (nSPS) is 11.8. The van der Waals surface area contributed by atoms with Crippen LogP contribution in [-0.4, -0.2) is 24.1 Å². The molecule has 0 amide bonds. The van der Waals surface area contributed by atoms with Crippen molar-refractivity contribution in [1.29, 1.82) is 0 Å².